The number of aromatic nitrogens is 3. The molecule has 1 saturated carbocycles. The Labute approximate surface area is 122 Å². The first-order chi connectivity index (χ1) is 9.88. The van der Waals surface area contributed by atoms with E-state index in [-0.39, 0.29) is 0 Å². The highest BCUT2D eigenvalue weighted by molar-refractivity contribution is 7.15. The van der Waals surface area contributed by atoms with Gasteiger partial charge in [0.15, 0.2) is 0 Å². The molecule has 5 nitrogen and oxygen atoms in total. The van der Waals surface area contributed by atoms with Crippen LogP contribution in [0.1, 0.15) is 29.3 Å². The van der Waals surface area contributed by atoms with Crippen molar-refractivity contribution in [2.45, 2.75) is 25.3 Å². The third kappa shape index (κ3) is 3.20. The average Bonchev–Trinajstić information content (AvgIpc) is 3.25. The van der Waals surface area contributed by atoms with Crippen LogP contribution >= 0.6 is 11.3 Å². The van der Waals surface area contributed by atoms with Crippen LogP contribution in [-0.4, -0.2) is 35.2 Å². The van der Waals surface area contributed by atoms with Crippen molar-refractivity contribution in [2.24, 2.45) is 0 Å². The fraction of sp³-hybridized carbons (Fsp3) is 0.500. The third-order valence-corrected chi connectivity index (χ3v) is 4.34. The Morgan fingerprint density at radius 1 is 1.40 bits per heavy atom. The first-order valence-corrected chi connectivity index (χ1v) is 7.65. The van der Waals surface area contributed by atoms with Crippen molar-refractivity contribution in [3.05, 3.63) is 29.2 Å². The molecule has 0 saturated heterocycles. The van der Waals surface area contributed by atoms with E-state index in [0.29, 0.717) is 5.92 Å². The van der Waals surface area contributed by atoms with Crippen LogP contribution in [0.5, 0.6) is 0 Å². The van der Waals surface area contributed by atoms with E-state index in [1.54, 1.807) is 37.0 Å². The van der Waals surface area contributed by atoms with Gasteiger partial charge in [0, 0.05) is 43.4 Å². The standard InChI is InChI=1S/C14H18N4OS/c1-19-7-6-16-9-12-13(10-2-3-10)18-14(20-12)11-8-15-4-5-17-11/h4-5,8,10,16H,2-3,6-7,9H2,1H3. The van der Waals surface area contributed by atoms with E-state index in [4.69, 9.17) is 9.72 Å². The zero-order valence-corrected chi connectivity index (χ0v) is 12.3. The first kappa shape index (κ1) is 13.6. The van der Waals surface area contributed by atoms with Gasteiger partial charge in [0.1, 0.15) is 10.7 Å². The smallest absolute Gasteiger partial charge is 0.144 e. The SMILES string of the molecule is COCCNCc1sc(-c2cnccn2)nc1C1CC1. The van der Waals surface area contributed by atoms with Crippen molar-refractivity contribution in [1.82, 2.24) is 20.3 Å². The highest BCUT2D eigenvalue weighted by atomic mass is 32.1. The van der Waals surface area contributed by atoms with Crippen LogP contribution < -0.4 is 5.32 Å². The molecular formula is C14H18N4OS. The molecule has 0 aromatic carbocycles. The highest BCUT2D eigenvalue weighted by Gasteiger charge is 2.29. The fourth-order valence-corrected chi connectivity index (χ4v) is 3.14. The number of ether oxygens (including phenoxy) is 1. The molecular weight excluding hydrogens is 272 g/mol. The largest absolute Gasteiger partial charge is 0.383 e. The number of methoxy groups -OCH3 is 1. The van der Waals surface area contributed by atoms with Crippen molar-refractivity contribution in [3.63, 3.8) is 0 Å². The monoisotopic (exact) mass is 290 g/mol. The Morgan fingerprint density at radius 2 is 2.30 bits per heavy atom. The third-order valence-electron chi connectivity index (χ3n) is 3.24. The summed E-state index contributed by atoms with van der Waals surface area (Å²) in [6.07, 6.45) is 7.69. The second kappa shape index (κ2) is 6.39. The van der Waals surface area contributed by atoms with Crippen molar-refractivity contribution >= 4 is 11.3 Å². The maximum atomic E-state index is 5.05. The second-order valence-electron chi connectivity index (χ2n) is 4.86. The molecule has 0 bridgehead atoms. The summed E-state index contributed by atoms with van der Waals surface area (Å²) in [6.45, 7) is 2.45. The minimum absolute atomic E-state index is 0.649. The Kier molecular flexibility index (Phi) is 4.34. The zero-order chi connectivity index (χ0) is 13.8. The molecule has 2 heterocycles. The molecule has 1 N–H and O–H groups in total. The zero-order valence-electron chi connectivity index (χ0n) is 11.5. The molecule has 20 heavy (non-hydrogen) atoms. The summed E-state index contributed by atoms with van der Waals surface area (Å²) < 4.78 is 5.05. The molecule has 2 aromatic heterocycles. The number of hydrogen-bond acceptors (Lipinski definition) is 6. The normalized spacial score (nSPS) is 14.7. The summed E-state index contributed by atoms with van der Waals surface area (Å²) in [6, 6.07) is 0. The van der Waals surface area contributed by atoms with Crippen LogP contribution in [0, 0.1) is 0 Å². The molecule has 0 amide bonds. The summed E-state index contributed by atoms with van der Waals surface area (Å²) in [4.78, 5) is 14.6. The van der Waals surface area contributed by atoms with Gasteiger partial charge in [-0.25, -0.2) is 4.98 Å². The number of rotatable bonds is 7. The molecule has 3 rings (SSSR count). The average molecular weight is 290 g/mol. The number of hydrogen-bond donors (Lipinski definition) is 1. The second-order valence-corrected chi connectivity index (χ2v) is 5.95. The molecule has 1 aliphatic carbocycles. The molecule has 2 aromatic rings. The van der Waals surface area contributed by atoms with Gasteiger partial charge in [0.2, 0.25) is 0 Å². The topological polar surface area (TPSA) is 59.9 Å². The Balaban J connectivity index is 1.76. The van der Waals surface area contributed by atoms with E-state index in [1.165, 1.54) is 23.4 Å². The predicted molar refractivity (Wildman–Crippen MR) is 78.7 cm³/mol. The molecule has 0 radical (unpaired) electrons. The lowest BCUT2D eigenvalue weighted by Crippen LogP contribution is -2.18. The van der Waals surface area contributed by atoms with E-state index in [2.05, 4.69) is 15.3 Å². The van der Waals surface area contributed by atoms with Crippen LogP contribution in [0.25, 0.3) is 10.7 Å². The molecule has 1 aliphatic rings. The van der Waals surface area contributed by atoms with Crippen LogP contribution in [-0.2, 0) is 11.3 Å². The van der Waals surface area contributed by atoms with Gasteiger partial charge in [-0.05, 0) is 12.8 Å². The number of thiazole rings is 1. The molecule has 0 aliphatic heterocycles. The Bertz CT molecular complexity index is 554. The van der Waals surface area contributed by atoms with Crippen LogP contribution in [0.3, 0.4) is 0 Å². The first-order valence-electron chi connectivity index (χ1n) is 6.84. The van der Waals surface area contributed by atoms with E-state index < -0.39 is 0 Å². The van der Waals surface area contributed by atoms with Gasteiger partial charge in [0.05, 0.1) is 18.5 Å². The summed E-state index contributed by atoms with van der Waals surface area (Å²) in [5.41, 5.74) is 2.11. The van der Waals surface area contributed by atoms with Crippen LogP contribution in [0.4, 0.5) is 0 Å². The summed E-state index contributed by atoms with van der Waals surface area (Å²) >= 11 is 1.72. The minimum Gasteiger partial charge on any atom is -0.383 e. The molecule has 106 valence electrons. The van der Waals surface area contributed by atoms with Crippen LogP contribution in [0.2, 0.25) is 0 Å². The van der Waals surface area contributed by atoms with Gasteiger partial charge in [-0.1, -0.05) is 0 Å². The van der Waals surface area contributed by atoms with Gasteiger partial charge in [0.25, 0.3) is 0 Å². The predicted octanol–water partition coefficient (Wildman–Crippen LogP) is 2.21. The van der Waals surface area contributed by atoms with Crippen LogP contribution in [0.15, 0.2) is 18.6 Å². The molecule has 6 heteroatoms. The molecule has 0 unspecified atom stereocenters. The number of nitrogens with one attached hydrogen (secondary N) is 1. The van der Waals surface area contributed by atoms with E-state index in [9.17, 15) is 0 Å². The number of nitrogens with zero attached hydrogens (tertiary/aromatic N) is 3. The van der Waals surface area contributed by atoms with Crippen molar-refractivity contribution in [3.8, 4) is 10.7 Å². The quantitative estimate of drug-likeness (QED) is 0.792. The fourth-order valence-electron chi connectivity index (χ4n) is 2.06. The summed E-state index contributed by atoms with van der Waals surface area (Å²) in [7, 11) is 1.72. The van der Waals surface area contributed by atoms with Crippen molar-refractivity contribution < 1.29 is 4.74 Å². The minimum atomic E-state index is 0.649. The van der Waals surface area contributed by atoms with Gasteiger partial charge in [-0.15, -0.1) is 11.3 Å². The van der Waals surface area contributed by atoms with Gasteiger partial charge in [-0.3, -0.25) is 9.97 Å². The highest BCUT2D eigenvalue weighted by Crippen LogP contribution is 2.43. The van der Waals surface area contributed by atoms with Gasteiger partial charge < -0.3 is 10.1 Å². The van der Waals surface area contributed by atoms with Gasteiger partial charge >= 0.3 is 0 Å². The van der Waals surface area contributed by atoms with Crippen molar-refractivity contribution in [1.29, 1.82) is 0 Å². The molecule has 0 atom stereocenters. The van der Waals surface area contributed by atoms with E-state index in [1.807, 2.05) is 0 Å². The lowest BCUT2D eigenvalue weighted by atomic mass is 10.2. The Hall–Kier alpha value is -1.37. The molecule has 1 fully saturated rings. The summed E-state index contributed by atoms with van der Waals surface area (Å²) in [5.74, 6) is 0.649. The lowest BCUT2D eigenvalue weighted by Gasteiger charge is -2.03. The Morgan fingerprint density at radius 3 is 3.00 bits per heavy atom. The van der Waals surface area contributed by atoms with E-state index in [0.717, 1.165) is 30.4 Å². The summed E-state index contributed by atoms with van der Waals surface area (Å²) in [5, 5.41) is 4.38. The maximum absolute atomic E-state index is 5.05. The van der Waals surface area contributed by atoms with E-state index >= 15 is 0 Å². The van der Waals surface area contributed by atoms with Crippen molar-refractivity contribution in [2.75, 3.05) is 20.3 Å². The molecule has 0 spiro atoms. The lowest BCUT2D eigenvalue weighted by molar-refractivity contribution is 0.199. The maximum Gasteiger partial charge on any atom is 0.144 e. The van der Waals surface area contributed by atoms with Gasteiger partial charge in [-0.2, -0.15) is 0 Å².